The fourth-order valence-corrected chi connectivity index (χ4v) is 2.58. The standard InChI is InChI=1S/C16H15FN2O2/c1-19-8-10-2-3-12(6-11(10)9-19)18-13-4-5-15(17)14(7-13)16(20)21/h2-7,18H,8-9H2,1H3,(H,20,21). The molecule has 3 rings (SSSR count). The number of carboxylic acid groups (broad SMARTS) is 1. The Morgan fingerprint density at radius 3 is 2.57 bits per heavy atom. The topological polar surface area (TPSA) is 52.6 Å². The van der Waals surface area contributed by atoms with Gasteiger partial charge in [0.2, 0.25) is 0 Å². The van der Waals surface area contributed by atoms with Gasteiger partial charge in [-0.05, 0) is 48.5 Å². The molecule has 0 radical (unpaired) electrons. The lowest BCUT2D eigenvalue weighted by Crippen LogP contribution is -2.07. The number of fused-ring (bicyclic) bond motifs is 1. The van der Waals surface area contributed by atoms with E-state index >= 15 is 0 Å². The van der Waals surface area contributed by atoms with Gasteiger partial charge < -0.3 is 10.4 Å². The van der Waals surface area contributed by atoms with Crippen molar-refractivity contribution in [3.8, 4) is 0 Å². The summed E-state index contributed by atoms with van der Waals surface area (Å²) in [5.41, 5.74) is 3.64. The molecule has 1 heterocycles. The predicted molar refractivity (Wildman–Crippen MR) is 78.3 cm³/mol. The van der Waals surface area contributed by atoms with Crippen LogP contribution in [0, 0.1) is 5.82 Å². The Kier molecular flexibility index (Phi) is 3.35. The minimum absolute atomic E-state index is 0.333. The van der Waals surface area contributed by atoms with Crippen LogP contribution in [0.3, 0.4) is 0 Å². The zero-order valence-electron chi connectivity index (χ0n) is 11.6. The van der Waals surface area contributed by atoms with Crippen molar-refractivity contribution < 1.29 is 14.3 Å². The summed E-state index contributed by atoms with van der Waals surface area (Å²) in [5.74, 6) is -2.00. The highest BCUT2D eigenvalue weighted by Crippen LogP contribution is 2.27. The van der Waals surface area contributed by atoms with Crippen molar-refractivity contribution in [1.29, 1.82) is 0 Å². The van der Waals surface area contributed by atoms with Crippen molar-refractivity contribution in [2.45, 2.75) is 13.1 Å². The van der Waals surface area contributed by atoms with Gasteiger partial charge in [0.15, 0.2) is 0 Å². The molecule has 0 atom stereocenters. The van der Waals surface area contributed by atoms with Gasteiger partial charge in [-0.3, -0.25) is 4.90 Å². The first-order valence-electron chi connectivity index (χ1n) is 6.63. The van der Waals surface area contributed by atoms with Gasteiger partial charge in [-0.2, -0.15) is 0 Å². The third-order valence-corrected chi connectivity index (χ3v) is 3.57. The first-order chi connectivity index (χ1) is 10.0. The zero-order chi connectivity index (χ0) is 15.0. The van der Waals surface area contributed by atoms with Gasteiger partial charge in [-0.1, -0.05) is 6.07 Å². The molecular formula is C16H15FN2O2. The van der Waals surface area contributed by atoms with Gasteiger partial charge in [-0.15, -0.1) is 0 Å². The molecule has 0 saturated heterocycles. The van der Waals surface area contributed by atoms with E-state index in [-0.39, 0.29) is 5.56 Å². The maximum Gasteiger partial charge on any atom is 0.338 e. The number of nitrogens with zero attached hydrogens (tertiary/aromatic N) is 1. The SMILES string of the molecule is CN1Cc2ccc(Nc3ccc(F)c(C(=O)O)c3)cc2C1. The number of carboxylic acids is 1. The van der Waals surface area contributed by atoms with Gasteiger partial charge in [0.1, 0.15) is 5.82 Å². The molecule has 0 unspecified atom stereocenters. The smallest absolute Gasteiger partial charge is 0.338 e. The van der Waals surface area contributed by atoms with Gasteiger partial charge in [0.25, 0.3) is 0 Å². The normalized spacial score (nSPS) is 14.0. The molecule has 0 spiro atoms. The van der Waals surface area contributed by atoms with Crippen LogP contribution in [0.25, 0.3) is 0 Å². The number of hydrogen-bond acceptors (Lipinski definition) is 3. The van der Waals surface area contributed by atoms with Crippen LogP contribution >= 0.6 is 0 Å². The molecule has 0 fully saturated rings. The number of anilines is 2. The Balaban J connectivity index is 1.86. The summed E-state index contributed by atoms with van der Waals surface area (Å²) >= 11 is 0. The molecule has 5 heteroatoms. The highest BCUT2D eigenvalue weighted by Gasteiger charge is 2.16. The Bertz CT molecular complexity index is 715. The van der Waals surface area contributed by atoms with Gasteiger partial charge in [0, 0.05) is 24.5 Å². The molecule has 1 aliphatic rings. The molecule has 2 aromatic carbocycles. The minimum atomic E-state index is -1.27. The van der Waals surface area contributed by atoms with E-state index in [1.54, 1.807) is 0 Å². The van der Waals surface area contributed by atoms with E-state index in [0.717, 1.165) is 24.8 Å². The highest BCUT2D eigenvalue weighted by atomic mass is 19.1. The van der Waals surface area contributed by atoms with Crippen LogP contribution in [0.1, 0.15) is 21.5 Å². The largest absolute Gasteiger partial charge is 0.478 e. The van der Waals surface area contributed by atoms with E-state index in [4.69, 9.17) is 5.11 Å². The number of nitrogens with one attached hydrogen (secondary N) is 1. The van der Waals surface area contributed by atoms with E-state index in [1.165, 1.54) is 23.3 Å². The second-order valence-electron chi connectivity index (χ2n) is 5.28. The Morgan fingerprint density at radius 2 is 1.81 bits per heavy atom. The maximum atomic E-state index is 13.4. The first kappa shape index (κ1) is 13.6. The molecule has 2 aromatic rings. The van der Waals surface area contributed by atoms with E-state index in [9.17, 15) is 9.18 Å². The lowest BCUT2D eigenvalue weighted by molar-refractivity contribution is 0.0692. The van der Waals surface area contributed by atoms with Crippen molar-refractivity contribution in [2.75, 3.05) is 12.4 Å². The molecule has 0 bridgehead atoms. The zero-order valence-corrected chi connectivity index (χ0v) is 11.6. The fraction of sp³-hybridized carbons (Fsp3) is 0.188. The molecular weight excluding hydrogens is 271 g/mol. The Morgan fingerprint density at radius 1 is 1.14 bits per heavy atom. The average Bonchev–Trinajstić information content (AvgIpc) is 2.80. The Labute approximate surface area is 121 Å². The monoisotopic (exact) mass is 286 g/mol. The average molecular weight is 286 g/mol. The molecule has 0 aromatic heterocycles. The molecule has 0 saturated carbocycles. The van der Waals surface area contributed by atoms with Crippen LogP contribution in [-0.4, -0.2) is 23.0 Å². The van der Waals surface area contributed by atoms with Crippen LogP contribution in [0.5, 0.6) is 0 Å². The summed E-state index contributed by atoms with van der Waals surface area (Å²) in [7, 11) is 2.06. The number of carbonyl (C=O) groups is 1. The summed E-state index contributed by atoms with van der Waals surface area (Å²) in [6.07, 6.45) is 0. The maximum absolute atomic E-state index is 13.4. The van der Waals surface area contributed by atoms with Gasteiger partial charge in [0.05, 0.1) is 5.56 Å². The lowest BCUT2D eigenvalue weighted by Gasteiger charge is -2.09. The van der Waals surface area contributed by atoms with Crippen LogP contribution < -0.4 is 5.32 Å². The number of rotatable bonds is 3. The van der Waals surface area contributed by atoms with E-state index < -0.39 is 11.8 Å². The van der Waals surface area contributed by atoms with Crippen molar-refractivity contribution in [2.24, 2.45) is 0 Å². The molecule has 2 N–H and O–H groups in total. The summed E-state index contributed by atoms with van der Waals surface area (Å²) in [5, 5.41) is 12.1. The summed E-state index contributed by atoms with van der Waals surface area (Å²) in [6, 6.07) is 10.0. The van der Waals surface area contributed by atoms with E-state index in [1.807, 2.05) is 12.1 Å². The van der Waals surface area contributed by atoms with Crippen molar-refractivity contribution in [3.63, 3.8) is 0 Å². The highest BCUT2D eigenvalue weighted by molar-refractivity contribution is 5.89. The molecule has 108 valence electrons. The summed E-state index contributed by atoms with van der Waals surface area (Å²) in [4.78, 5) is 13.2. The molecule has 0 amide bonds. The van der Waals surface area contributed by atoms with E-state index in [0.29, 0.717) is 5.69 Å². The number of aromatic carboxylic acids is 1. The molecule has 21 heavy (non-hydrogen) atoms. The van der Waals surface area contributed by atoms with Crippen LogP contribution in [0.2, 0.25) is 0 Å². The quantitative estimate of drug-likeness (QED) is 0.909. The van der Waals surface area contributed by atoms with Crippen LogP contribution in [0.15, 0.2) is 36.4 Å². The second-order valence-corrected chi connectivity index (χ2v) is 5.28. The molecule has 4 nitrogen and oxygen atoms in total. The van der Waals surface area contributed by atoms with Gasteiger partial charge in [-0.25, -0.2) is 9.18 Å². The fourth-order valence-electron chi connectivity index (χ4n) is 2.58. The third kappa shape index (κ3) is 2.73. The van der Waals surface area contributed by atoms with Crippen molar-refractivity contribution >= 4 is 17.3 Å². The third-order valence-electron chi connectivity index (χ3n) is 3.57. The minimum Gasteiger partial charge on any atom is -0.478 e. The number of halogens is 1. The molecule has 0 aliphatic carbocycles. The van der Waals surface area contributed by atoms with Crippen molar-refractivity contribution in [1.82, 2.24) is 4.90 Å². The molecule has 1 aliphatic heterocycles. The van der Waals surface area contributed by atoms with E-state index in [2.05, 4.69) is 23.3 Å². The second kappa shape index (κ2) is 5.18. The van der Waals surface area contributed by atoms with Crippen LogP contribution in [-0.2, 0) is 13.1 Å². The first-order valence-corrected chi connectivity index (χ1v) is 6.63. The predicted octanol–water partition coefficient (Wildman–Crippen LogP) is 3.21. The van der Waals surface area contributed by atoms with Gasteiger partial charge >= 0.3 is 5.97 Å². The number of hydrogen-bond donors (Lipinski definition) is 2. The summed E-state index contributed by atoms with van der Waals surface area (Å²) < 4.78 is 13.4. The summed E-state index contributed by atoms with van der Waals surface area (Å²) in [6.45, 7) is 1.84. The van der Waals surface area contributed by atoms with Crippen LogP contribution in [0.4, 0.5) is 15.8 Å². The lowest BCUT2D eigenvalue weighted by atomic mass is 10.1. The number of benzene rings is 2. The van der Waals surface area contributed by atoms with Crippen molar-refractivity contribution in [3.05, 3.63) is 58.9 Å². The Hall–Kier alpha value is -2.40.